The number of cyclic esters (lactones) is 1. The number of rotatable bonds is 2. The van der Waals surface area contributed by atoms with Crippen molar-refractivity contribution >= 4 is 29.2 Å². The second-order valence-corrected chi connectivity index (χ2v) is 10.6. The second kappa shape index (κ2) is 12.6. The maximum absolute atomic E-state index is 12.8. The van der Waals surface area contributed by atoms with Crippen LogP contribution in [-0.4, -0.2) is 45.3 Å². The first kappa shape index (κ1) is 27.4. The molecule has 0 fully saturated rings. The number of ether oxygens (including phenoxy) is 1. The number of hydrogen-bond acceptors (Lipinski definition) is 7. The highest BCUT2D eigenvalue weighted by Gasteiger charge is 2.34. The number of aliphatic hydroxyl groups excluding tert-OH is 2. The van der Waals surface area contributed by atoms with Gasteiger partial charge in [0, 0.05) is 23.6 Å². The van der Waals surface area contributed by atoms with Gasteiger partial charge in [0.2, 0.25) is 0 Å². The molecule has 184 valence electrons. The van der Waals surface area contributed by atoms with Gasteiger partial charge in [0.05, 0.1) is 29.3 Å². The highest BCUT2D eigenvalue weighted by Crippen LogP contribution is 2.26. The number of aryl methyl sites for hydroxylation is 1. The first-order valence-electron chi connectivity index (χ1n) is 11.8. The van der Waals surface area contributed by atoms with Crippen molar-refractivity contribution in [2.45, 2.75) is 92.0 Å². The number of carbonyl (C=O) groups is 2. The third-order valence-corrected chi connectivity index (χ3v) is 7.44. The molecular formula is C26H39NO5S. The van der Waals surface area contributed by atoms with Gasteiger partial charge in [0.1, 0.15) is 11.9 Å². The minimum absolute atomic E-state index is 0.0292. The van der Waals surface area contributed by atoms with Crippen LogP contribution < -0.4 is 0 Å². The van der Waals surface area contributed by atoms with Crippen molar-refractivity contribution in [1.29, 1.82) is 0 Å². The highest BCUT2D eigenvalue weighted by atomic mass is 32.1. The Morgan fingerprint density at radius 3 is 2.52 bits per heavy atom. The van der Waals surface area contributed by atoms with Crippen LogP contribution in [0.1, 0.15) is 77.4 Å². The van der Waals surface area contributed by atoms with E-state index in [4.69, 9.17) is 4.74 Å². The third kappa shape index (κ3) is 8.16. The fraction of sp³-hybridized carbons (Fsp3) is 0.654. The van der Waals surface area contributed by atoms with E-state index in [0.29, 0.717) is 6.42 Å². The standard InChI is InChI=1S/C26H39NO5S/c1-15-8-7-9-16(2)25(30)19(5)26(31)18(4)22(28)13-24(29)32-23(11-10-15)17(3)12-21-14-33-20(6)27-21/h10,12,14,16,18-19,22-23,25,28,30H,7-9,11,13H2,1-6H3/b15-10-,17-12+/t16-,18-,19+,22-,23-,25?/m0/s1. The van der Waals surface area contributed by atoms with Gasteiger partial charge in [-0.3, -0.25) is 9.59 Å². The summed E-state index contributed by atoms with van der Waals surface area (Å²) >= 11 is 1.56. The quantitative estimate of drug-likeness (QED) is 0.466. The molecule has 7 heteroatoms. The Kier molecular flexibility index (Phi) is 10.5. The number of aromatic nitrogens is 1. The summed E-state index contributed by atoms with van der Waals surface area (Å²) in [6.45, 7) is 11.2. The minimum Gasteiger partial charge on any atom is -0.457 e. The molecule has 6 nitrogen and oxygen atoms in total. The summed E-state index contributed by atoms with van der Waals surface area (Å²) in [5.41, 5.74) is 2.90. The number of ketones is 1. The Hall–Kier alpha value is -1.83. The van der Waals surface area contributed by atoms with Crippen LogP contribution >= 0.6 is 11.3 Å². The molecule has 1 aliphatic heterocycles. The summed E-state index contributed by atoms with van der Waals surface area (Å²) in [7, 11) is 0. The average molecular weight is 478 g/mol. The van der Waals surface area contributed by atoms with Crippen molar-refractivity contribution in [2.75, 3.05) is 0 Å². The zero-order chi connectivity index (χ0) is 24.7. The lowest BCUT2D eigenvalue weighted by atomic mass is 9.81. The van der Waals surface area contributed by atoms with Gasteiger partial charge in [-0.25, -0.2) is 4.98 Å². The summed E-state index contributed by atoms with van der Waals surface area (Å²) in [5, 5.41) is 24.1. The fourth-order valence-corrected chi connectivity index (χ4v) is 4.77. The molecule has 0 saturated carbocycles. The topological polar surface area (TPSA) is 96.7 Å². The summed E-state index contributed by atoms with van der Waals surface area (Å²) in [5.74, 6) is -2.18. The van der Waals surface area contributed by atoms with E-state index >= 15 is 0 Å². The lowest BCUT2D eigenvalue weighted by Crippen LogP contribution is -2.39. The van der Waals surface area contributed by atoms with Crippen LogP contribution in [0.15, 0.2) is 22.6 Å². The zero-order valence-corrected chi connectivity index (χ0v) is 21.5. The van der Waals surface area contributed by atoms with E-state index in [-0.39, 0.29) is 18.1 Å². The number of carbonyl (C=O) groups excluding carboxylic acids is 2. The van der Waals surface area contributed by atoms with Crippen LogP contribution in [-0.2, 0) is 14.3 Å². The average Bonchev–Trinajstić information content (AvgIpc) is 3.17. The molecule has 0 saturated heterocycles. The molecule has 1 unspecified atom stereocenters. The monoisotopic (exact) mass is 477 g/mol. The van der Waals surface area contributed by atoms with Crippen molar-refractivity contribution in [2.24, 2.45) is 17.8 Å². The first-order valence-corrected chi connectivity index (χ1v) is 12.7. The van der Waals surface area contributed by atoms with Gasteiger partial charge in [0.15, 0.2) is 0 Å². The Balaban J connectivity index is 2.27. The molecule has 1 aliphatic rings. The summed E-state index contributed by atoms with van der Waals surface area (Å²) in [4.78, 5) is 30.0. The van der Waals surface area contributed by atoms with Crippen molar-refractivity contribution in [1.82, 2.24) is 4.98 Å². The molecule has 0 aromatic carbocycles. The Morgan fingerprint density at radius 2 is 1.88 bits per heavy atom. The van der Waals surface area contributed by atoms with E-state index in [1.165, 1.54) is 5.57 Å². The maximum Gasteiger partial charge on any atom is 0.309 e. The lowest BCUT2D eigenvalue weighted by molar-refractivity contribution is -0.151. The molecule has 1 aromatic heterocycles. The van der Waals surface area contributed by atoms with Crippen molar-refractivity contribution in [3.8, 4) is 0 Å². The molecule has 0 radical (unpaired) electrons. The number of aliphatic hydroxyl groups is 2. The van der Waals surface area contributed by atoms with E-state index in [1.54, 1.807) is 25.2 Å². The Morgan fingerprint density at radius 1 is 1.18 bits per heavy atom. The van der Waals surface area contributed by atoms with Crippen LogP contribution in [0.3, 0.4) is 0 Å². The molecule has 0 spiro atoms. The van der Waals surface area contributed by atoms with Gasteiger partial charge in [0.25, 0.3) is 0 Å². The first-order chi connectivity index (χ1) is 15.5. The number of nitrogens with zero attached hydrogens (tertiary/aromatic N) is 1. The molecular weight excluding hydrogens is 438 g/mol. The van der Waals surface area contributed by atoms with E-state index in [2.05, 4.69) is 18.0 Å². The van der Waals surface area contributed by atoms with Crippen LogP contribution in [0, 0.1) is 24.7 Å². The third-order valence-electron chi connectivity index (χ3n) is 6.65. The summed E-state index contributed by atoms with van der Waals surface area (Å²) in [6, 6.07) is 0. The zero-order valence-electron chi connectivity index (χ0n) is 20.7. The normalized spacial score (nSPS) is 33.3. The number of allylic oxidation sites excluding steroid dienone is 1. The van der Waals surface area contributed by atoms with E-state index < -0.39 is 36.1 Å². The van der Waals surface area contributed by atoms with Crippen LogP contribution in [0.5, 0.6) is 0 Å². The van der Waals surface area contributed by atoms with Crippen LogP contribution in [0.2, 0.25) is 0 Å². The highest BCUT2D eigenvalue weighted by molar-refractivity contribution is 7.09. The van der Waals surface area contributed by atoms with Gasteiger partial charge < -0.3 is 14.9 Å². The smallest absolute Gasteiger partial charge is 0.309 e. The molecule has 6 atom stereocenters. The van der Waals surface area contributed by atoms with Crippen molar-refractivity contribution in [3.05, 3.63) is 33.3 Å². The molecule has 2 N–H and O–H groups in total. The molecule has 2 rings (SSSR count). The molecule has 0 bridgehead atoms. The Labute approximate surface area is 201 Å². The summed E-state index contributed by atoms with van der Waals surface area (Å²) in [6.07, 6.45) is 4.46. The molecule has 0 aliphatic carbocycles. The van der Waals surface area contributed by atoms with Gasteiger partial charge in [-0.1, -0.05) is 32.4 Å². The second-order valence-electron chi connectivity index (χ2n) is 9.56. The SMILES string of the molecule is C/C1=C/C[C@@H](/C(C)=C/c2csc(C)n2)OC(=O)C[C@H](O)[C@H](C)C(=O)[C@H](C)C(O)[C@@H](C)CCC1. The number of thiazole rings is 1. The molecule has 0 amide bonds. The van der Waals surface area contributed by atoms with E-state index in [1.807, 2.05) is 32.2 Å². The van der Waals surface area contributed by atoms with Gasteiger partial charge in [-0.2, -0.15) is 0 Å². The molecule has 1 aromatic rings. The Bertz CT molecular complexity index is 874. The van der Waals surface area contributed by atoms with Crippen molar-refractivity contribution in [3.63, 3.8) is 0 Å². The minimum atomic E-state index is -1.16. The summed E-state index contributed by atoms with van der Waals surface area (Å²) < 4.78 is 5.76. The number of hydrogen-bond donors (Lipinski definition) is 2. The lowest BCUT2D eigenvalue weighted by Gasteiger charge is -2.28. The predicted octanol–water partition coefficient (Wildman–Crippen LogP) is 4.88. The van der Waals surface area contributed by atoms with Gasteiger partial charge >= 0.3 is 5.97 Å². The van der Waals surface area contributed by atoms with Crippen LogP contribution in [0.25, 0.3) is 6.08 Å². The van der Waals surface area contributed by atoms with Gasteiger partial charge in [-0.15, -0.1) is 11.3 Å². The molecule has 2 heterocycles. The van der Waals surface area contributed by atoms with Crippen LogP contribution in [0.4, 0.5) is 0 Å². The molecule has 33 heavy (non-hydrogen) atoms. The maximum atomic E-state index is 12.8. The number of Topliss-reactive ketones (excluding diaryl/α,β-unsaturated/α-hetero) is 1. The van der Waals surface area contributed by atoms with E-state index in [9.17, 15) is 19.8 Å². The largest absolute Gasteiger partial charge is 0.457 e. The van der Waals surface area contributed by atoms with Gasteiger partial charge in [-0.05, 0) is 57.6 Å². The van der Waals surface area contributed by atoms with E-state index in [0.717, 1.165) is 35.5 Å². The fourth-order valence-electron chi connectivity index (χ4n) is 4.20. The predicted molar refractivity (Wildman–Crippen MR) is 132 cm³/mol. The van der Waals surface area contributed by atoms with Crippen molar-refractivity contribution < 1.29 is 24.5 Å². The number of esters is 1.